The molecule has 6 aromatic carbocycles. The van der Waals surface area contributed by atoms with Crippen molar-refractivity contribution in [2.45, 2.75) is 43.9 Å². The lowest BCUT2D eigenvalue weighted by Gasteiger charge is -2.74. The van der Waals surface area contributed by atoms with Crippen LogP contribution in [0.5, 0.6) is 0 Å². The molecule has 0 saturated heterocycles. The van der Waals surface area contributed by atoms with Gasteiger partial charge in [-0.25, -0.2) is 15.0 Å². The lowest BCUT2D eigenvalue weighted by molar-refractivity contribution is -0.220. The monoisotopic (exact) mass is 723 g/mol. The van der Waals surface area contributed by atoms with Crippen LogP contribution in [0.2, 0.25) is 0 Å². The fourth-order valence-electron chi connectivity index (χ4n) is 13.1. The van der Waals surface area contributed by atoms with Crippen molar-refractivity contribution in [1.82, 2.24) is 15.0 Å². The van der Waals surface area contributed by atoms with Gasteiger partial charge in [-0.1, -0.05) is 146 Å². The summed E-state index contributed by atoms with van der Waals surface area (Å²) >= 11 is 0. The smallest absolute Gasteiger partial charge is 0.164 e. The molecular formula is C53H45N3. The molecule has 0 N–H and O–H groups in total. The molecule has 56 heavy (non-hydrogen) atoms. The van der Waals surface area contributed by atoms with Gasteiger partial charge in [0.1, 0.15) is 0 Å². The van der Waals surface area contributed by atoms with Gasteiger partial charge in [0.25, 0.3) is 0 Å². The van der Waals surface area contributed by atoms with Gasteiger partial charge in [0.2, 0.25) is 0 Å². The van der Waals surface area contributed by atoms with Crippen molar-refractivity contribution >= 4 is 0 Å². The first-order valence-corrected chi connectivity index (χ1v) is 21.0. The third kappa shape index (κ3) is 5.06. The molecular weight excluding hydrogens is 679 g/mol. The van der Waals surface area contributed by atoms with E-state index in [9.17, 15) is 0 Å². The van der Waals surface area contributed by atoms with Crippen molar-refractivity contribution in [1.29, 1.82) is 0 Å². The van der Waals surface area contributed by atoms with Crippen LogP contribution in [0.4, 0.5) is 0 Å². The Hall–Kier alpha value is -5.67. The van der Waals surface area contributed by atoms with Gasteiger partial charge in [0.15, 0.2) is 17.5 Å². The Morgan fingerprint density at radius 1 is 0.357 bits per heavy atom. The number of aromatic nitrogens is 3. The van der Waals surface area contributed by atoms with E-state index in [2.05, 4.69) is 121 Å². The van der Waals surface area contributed by atoms with E-state index in [0.717, 1.165) is 63.7 Å². The molecule has 0 aliphatic heterocycles. The second-order valence-corrected chi connectivity index (χ2v) is 17.7. The molecule has 7 aliphatic rings. The predicted molar refractivity (Wildman–Crippen MR) is 226 cm³/mol. The lowest BCUT2D eigenvalue weighted by atomic mass is 9.30. The number of hydrogen-bond acceptors (Lipinski definition) is 3. The van der Waals surface area contributed by atoms with Gasteiger partial charge in [-0.15, -0.1) is 0 Å². The topological polar surface area (TPSA) is 38.7 Å². The first-order valence-electron chi connectivity index (χ1n) is 21.0. The van der Waals surface area contributed by atoms with Gasteiger partial charge in [-0.05, 0) is 131 Å². The molecule has 3 nitrogen and oxygen atoms in total. The Morgan fingerprint density at radius 3 is 1.50 bits per heavy atom. The maximum Gasteiger partial charge on any atom is 0.164 e. The SMILES string of the molecule is c1ccc(-c2nc(-c3ccccc3)nc(-c3cccc(-c4cc(-c5ccc(C67CC8CC9C%10CC(CC96)CC7C%10C8)cc5)ccc4-c4ccccc4)c3)n2)cc1. The lowest BCUT2D eigenvalue weighted by Crippen LogP contribution is -2.69. The standard InChI is InChI=1S/C53H45N3/c1-4-11-36(12-5-1)43-24-21-39(35-19-22-42(23-20-35)53-32-34-26-46-45-25-33(28-48(46)53)29-49(53)47(45)27-34)31-44(43)40-17-10-18-41(30-40)52-55-50(37-13-6-2-7-14-37)54-51(56-52)38-15-8-3-9-16-38/h1-24,30-31,33-34,45-49H,25-29,32H2. The Kier molecular flexibility index (Phi) is 7.37. The molecule has 1 aromatic heterocycles. The quantitative estimate of drug-likeness (QED) is 0.164. The van der Waals surface area contributed by atoms with E-state index in [1.165, 1.54) is 59.9 Å². The Labute approximate surface area is 330 Å². The summed E-state index contributed by atoms with van der Waals surface area (Å²) < 4.78 is 0. The van der Waals surface area contributed by atoms with E-state index < -0.39 is 0 Å². The Balaban J connectivity index is 0.943. The van der Waals surface area contributed by atoms with E-state index >= 15 is 0 Å². The molecule has 0 spiro atoms. The average molecular weight is 724 g/mol. The molecule has 7 saturated carbocycles. The minimum absolute atomic E-state index is 0.432. The van der Waals surface area contributed by atoms with E-state index in [-0.39, 0.29) is 0 Å². The van der Waals surface area contributed by atoms with Crippen LogP contribution in [-0.4, -0.2) is 15.0 Å². The van der Waals surface area contributed by atoms with Gasteiger partial charge in [-0.3, -0.25) is 0 Å². The van der Waals surface area contributed by atoms with Crippen molar-refractivity contribution in [2.75, 3.05) is 0 Å². The highest BCUT2D eigenvalue weighted by molar-refractivity contribution is 5.88. The summed E-state index contributed by atoms with van der Waals surface area (Å²) in [5.74, 6) is 8.85. The summed E-state index contributed by atoms with van der Waals surface area (Å²) in [7, 11) is 0. The number of hydrogen-bond donors (Lipinski definition) is 0. The highest BCUT2D eigenvalue weighted by atomic mass is 15.0. The van der Waals surface area contributed by atoms with Crippen molar-refractivity contribution in [2.24, 2.45) is 41.4 Å². The molecule has 4 unspecified atom stereocenters. The zero-order valence-electron chi connectivity index (χ0n) is 31.6. The molecule has 0 radical (unpaired) electrons. The first kappa shape index (κ1) is 32.6. The molecule has 272 valence electrons. The van der Waals surface area contributed by atoms with E-state index in [1.54, 1.807) is 12.0 Å². The van der Waals surface area contributed by atoms with Crippen LogP contribution in [0.3, 0.4) is 0 Å². The molecule has 7 aromatic rings. The maximum atomic E-state index is 5.06. The fourth-order valence-corrected chi connectivity index (χ4v) is 13.1. The van der Waals surface area contributed by atoms with Crippen LogP contribution in [0.25, 0.3) is 67.5 Å². The van der Waals surface area contributed by atoms with Crippen LogP contribution in [0.1, 0.15) is 44.1 Å². The minimum atomic E-state index is 0.432. The molecule has 3 heteroatoms. The van der Waals surface area contributed by atoms with Crippen LogP contribution < -0.4 is 0 Å². The highest BCUT2D eigenvalue weighted by Gasteiger charge is 2.70. The highest BCUT2D eigenvalue weighted by Crippen LogP contribution is 2.76. The van der Waals surface area contributed by atoms with Gasteiger partial charge in [-0.2, -0.15) is 0 Å². The summed E-state index contributed by atoms with van der Waals surface area (Å²) in [5, 5.41) is 0. The fraction of sp³-hybridized carbons (Fsp3) is 0.264. The van der Waals surface area contributed by atoms with Crippen molar-refractivity contribution < 1.29 is 0 Å². The number of benzene rings is 6. The van der Waals surface area contributed by atoms with Gasteiger partial charge < -0.3 is 0 Å². The summed E-state index contributed by atoms with van der Waals surface area (Å²) in [6.07, 6.45) is 9.04. The van der Waals surface area contributed by atoms with Gasteiger partial charge in [0.05, 0.1) is 0 Å². The van der Waals surface area contributed by atoms with E-state index in [1.807, 2.05) is 36.4 Å². The van der Waals surface area contributed by atoms with Crippen LogP contribution in [-0.2, 0) is 5.41 Å². The largest absolute Gasteiger partial charge is 0.208 e. The van der Waals surface area contributed by atoms with E-state index in [0.29, 0.717) is 22.9 Å². The number of rotatable bonds is 7. The molecule has 1 heterocycles. The Morgan fingerprint density at radius 2 is 0.875 bits per heavy atom. The second-order valence-electron chi connectivity index (χ2n) is 17.7. The van der Waals surface area contributed by atoms with Crippen LogP contribution in [0.15, 0.2) is 158 Å². The number of nitrogens with zero attached hydrogens (tertiary/aromatic N) is 3. The van der Waals surface area contributed by atoms with Gasteiger partial charge in [0, 0.05) is 22.1 Å². The summed E-state index contributed by atoms with van der Waals surface area (Å²) in [4.78, 5) is 15.1. The average Bonchev–Trinajstić information content (AvgIpc) is 3.28. The second kappa shape index (κ2) is 12.7. The predicted octanol–water partition coefficient (Wildman–Crippen LogP) is 12.8. The van der Waals surface area contributed by atoms with E-state index in [4.69, 9.17) is 15.0 Å². The maximum absolute atomic E-state index is 5.06. The minimum Gasteiger partial charge on any atom is -0.208 e. The summed E-state index contributed by atoms with van der Waals surface area (Å²) in [6.45, 7) is 0. The van der Waals surface area contributed by atoms with Crippen molar-refractivity contribution in [3.63, 3.8) is 0 Å². The summed E-state index contributed by atoms with van der Waals surface area (Å²) in [6, 6.07) is 57.0. The molecule has 8 bridgehead atoms. The summed E-state index contributed by atoms with van der Waals surface area (Å²) in [5.41, 5.74) is 12.3. The van der Waals surface area contributed by atoms with Crippen LogP contribution >= 0.6 is 0 Å². The molecule has 7 fully saturated rings. The molecule has 0 amide bonds. The molecule has 7 aliphatic carbocycles. The normalized spacial score (nSPS) is 27.8. The zero-order chi connectivity index (χ0) is 36.8. The zero-order valence-corrected chi connectivity index (χ0v) is 31.6. The van der Waals surface area contributed by atoms with Crippen molar-refractivity contribution in [3.05, 3.63) is 163 Å². The van der Waals surface area contributed by atoms with Crippen molar-refractivity contribution in [3.8, 4) is 67.5 Å². The Bertz CT molecular complexity index is 2500. The molecule has 4 atom stereocenters. The third-order valence-corrected chi connectivity index (χ3v) is 15.1. The van der Waals surface area contributed by atoms with Crippen LogP contribution in [0, 0.1) is 41.4 Å². The molecule has 14 rings (SSSR count). The first-order chi connectivity index (χ1) is 27.7. The third-order valence-electron chi connectivity index (χ3n) is 15.1. The van der Waals surface area contributed by atoms with Gasteiger partial charge >= 0.3 is 0 Å².